The number of aromatic nitrogens is 2. The number of sulfonamides is 1. The molecule has 0 saturated carbocycles. The summed E-state index contributed by atoms with van der Waals surface area (Å²) in [6.07, 6.45) is 1.15. The second-order valence-corrected chi connectivity index (χ2v) is 9.27. The van der Waals surface area contributed by atoms with E-state index >= 15 is 0 Å². The molecule has 1 aromatic heterocycles. The van der Waals surface area contributed by atoms with Gasteiger partial charge in [0.05, 0.1) is 47.0 Å². The molecule has 0 N–H and O–H groups in total. The highest BCUT2D eigenvalue weighted by Crippen LogP contribution is 2.32. The van der Waals surface area contributed by atoms with E-state index in [1.54, 1.807) is 30.3 Å². The lowest BCUT2D eigenvalue weighted by Gasteiger charge is -2.17. The minimum Gasteiger partial charge on any atom is -0.465 e. The van der Waals surface area contributed by atoms with E-state index in [1.165, 1.54) is 18.5 Å². The third kappa shape index (κ3) is 4.17. The summed E-state index contributed by atoms with van der Waals surface area (Å²) in [5, 5.41) is 0. The summed E-state index contributed by atoms with van der Waals surface area (Å²) in [6.45, 7) is 0. The van der Waals surface area contributed by atoms with Gasteiger partial charge in [0, 0.05) is 18.2 Å². The molecule has 8 heteroatoms. The molecule has 0 bridgehead atoms. The van der Waals surface area contributed by atoms with Crippen LogP contribution in [0.2, 0.25) is 0 Å². The molecule has 0 aliphatic rings. The summed E-state index contributed by atoms with van der Waals surface area (Å²) in [4.78, 5) is 21.6. The Hall–Kier alpha value is -3.78. The number of hydrogen-bond acceptors (Lipinski definition) is 6. The van der Waals surface area contributed by atoms with E-state index in [0.29, 0.717) is 33.7 Å². The third-order valence-corrected chi connectivity index (χ3v) is 6.34. The lowest BCUT2D eigenvalue weighted by atomic mass is 10.0. The molecule has 0 aliphatic heterocycles. The molecule has 0 atom stereocenters. The first-order valence-corrected chi connectivity index (χ1v) is 11.6. The van der Waals surface area contributed by atoms with E-state index in [4.69, 9.17) is 14.7 Å². The average molecular weight is 448 g/mol. The van der Waals surface area contributed by atoms with Gasteiger partial charge in [-0.3, -0.25) is 4.31 Å². The van der Waals surface area contributed by atoms with E-state index < -0.39 is 16.0 Å². The van der Waals surface area contributed by atoms with Crippen molar-refractivity contribution < 1.29 is 17.9 Å². The normalized spacial score (nSPS) is 11.3. The smallest absolute Gasteiger partial charge is 0.337 e. The summed E-state index contributed by atoms with van der Waals surface area (Å²) in [7, 11) is -0.533. The zero-order valence-electron chi connectivity index (χ0n) is 17.8. The van der Waals surface area contributed by atoms with Crippen LogP contribution in [-0.4, -0.2) is 44.8 Å². The number of methoxy groups -OCH3 is 1. The first-order valence-electron chi connectivity index (χ1n) is 9.78. The molecule has 32 heavy (non-hydrogen) atoms. The molecule has 162 valence electrons. The van der Waals surface area contributed by atoms with Gasteiger partial charge in [-0.1, -0.05) is 42.5 Å². The Morgan fingerprint density at radius 1 is 0.844 bits per heavy atom. The number of anilines is 1. The first kappa shape index (κ1) is 21.5. The number of esters is 1. The number of hydrogen-bond donors (Lipinski definition) is 0. The van der Waals surface area contributed by atoms with Crippen molar-refractivity contribution in [2.75, 3.05) is 24.7 Å². The topological polar surface area (TPSA) is 89.5 Å². The molecule has 0 spiro atoms. The largest absolute Gasteiger partial charge is 0.465 e. The van der Waals surface area contributed by atoms with Crippen LogP contribution >= 0.6 is 0 Å². The number of carbonyl (C=O) groups excluding carboxylic acids is 1. The summed E-state index contributed by atoms with van der Waals surface area (Å²) in [5.41, 5.74) is 5.11. The molecule has 4 aromatic rings. The second kappa shape index (κ2) is 8.39. The Labute approximate surface area is 186 Å². The fourth-order valence-electron chi connectivity index (χ4n) is 3.32. The van der Waals surface area contributed by atoms with Crippen LogP contribution in [0.1, 0.15) is 10.4 Å². The number of rotatable bonds is 5. The molecule has 0 aliphatic carbocycles. The maximum atomic E-state index is 12.0. The minimum absolute atomic E-state index is 0.387. The Kier molecular flexibility index (Phi) is 5.63. The molecule has 7 nitrogen and oxygen atoms in total. The van der Waals surface area contributed by atoms with Crippen LogP contribution in [0.3, 0.4) is 0 Å². The fraction of sp³-hybridized carbons (Fsp3) is 0.125. The monoisotopic (exact) mass is 447 g/mol. The molecule has 3 aromatic carbocycles. The van der Waals surface area contributed by atoms with Gasteiger partial charge in [0.1, 0.15) is 0 Å². The SMILES string of the molecule is COC(=O)c1ccc2nc(-c3ccccc3)c(-c3ccc(N(C)S(C)(=O)=O)cc3)nc2c1. The molecule has 0 amide bonds. The van der Waals surface area contributed by atoms with E-state index in [1.807, 2.05) is 42.5 Å². The fourth-order valence-corrected chi connectivity index (χ4v) is 3.82. The summed E-state index contributed by atoms with van der Waals surface area (Å²) < 4.78 is 29.7. The van der Waals surface area contributed by atoms with Gasteiger partial charge in [0.2, 0.25) is 10.0 Å². The average Bonchev–Trinajstić information content (AvgIpc) is 2.82. The third-order valence-electron chi connectivity index (χ3n) is 5.13. The molecule has 0 saturated heterocycles. The van der Waals surface area contributed by atoms with Gasteiger partial charge in [0.25, 0.3) is 0 Å². The van der Waals surface area contributed by atoms with Gasteiger partial charge in [-0.05, 0) is 30.3 Å². The van der Waals surface area contributed by atoms with Crippen LogP contribution in [0.5, 0.6) is 0 Å². The highest BCUT2D eigenvalue weighted by atomic mass is 32.2. The lowest BCUT2D eigenvalue weighted by molar-refractivity contribution is 0.0601. The number of nitrogens with zero attached hydrogens (tertiary/aromatic N) is 3. The highest BCUT2D eigenvalue weighted by molar-refractivity contribution is 7.92. The summed E-state index contributed by atoms with van der Waals surface area (Å²) >= 11 is 0. The molecule has 1 heterocycles. The number of fused-ring (bicyclic) bond motifs is 1. The highest BCUT2D eigenvalue weighted by Gasteiger charge is 2.16. The van der Waals surface area contributed by atoms with E-state index in [-0.39, 0.29) is 0 Å². The van der Waals surface area contributed by atoms with Crippen molar-refractivity contribution in [3.05, 3.63) is 78.4 Å². The van der Waals surface area contributed by atoms with Crippen LogP contribution in [0.25, 0.3) is 33.5 Å². The van der Waals surface area contributed by atoms with Gasteiger partial charge in [-0.15, -0.1) is 0 Å². The number of ether oxygens (including phenoxy) is 1. The molecule has 0 fully saturated rings. The second-order valence-electron chi connectivity index (χ2n) is 7.26. The maximum absolute atomic E-state index is 12.0. The van der Waals surface area contributed by atoms with Crippen LogP contribution < -0.4 is 4.31 Å². The minimum atomic E-state index is -3.37. The molecular weight excluding hydrogens is 426 g/mol. The quantitative estimate of drug-likeness (QED) is 0.427. The van der Waals surface area contributed by atoms with Gasteiger partial charge in [-0.25, -0.2) is 23.2 Å². The Morgan fingerprint density at radius 3 is 2.03 bits per heavy atom. The van der Waals surface area contributed by atoms with Crippen molar-refractivity contribution in [1.82, 2.24) is 9.97 Å². The van der Waals surface area contributed by atoms with Crippen LogP contribution in [-0.2, 0) is 14.8 Å². The van der Waals surface area contributed by atoms with Gasteiger partial charge < -0.3 is 4.74 Å². The number of benzene rings is 3. The molecular formula is C24H21N3O4S. The zero-order valence-corrected chi connectivity index (χ0v) is 18.6. The summed E-state index contributed by atoms with van der Waals surface area (Å²) in [6, 6.07) is 21.8. The van der Waals surface area contributed by atoms with Crippen LogP contribution in [0.4, 0.5) is 5.69 Å². The molecule has 4 rings (SSSR count). The van der Waals surface area contributed by atoms with Gasteiger partial charge >= 0.3 is 5.97 Å². The molecule has 0 unspecified atom stereocenters. The predicted molar refractivity (Wildman–Crippen MR) is 125 cm³/mol. The van der Waals surface area contributed by atoms with E-state index in [2.05, 4.69) is 0 Å². The lowest BCUT2D eigenvalue weighted by Crippen LogP contribution is -2.24. The van der Waals surface area contributed by atoms with Crippen LogP contribution in [0, 0.1) is 0 Å². The molecule has 0 radical (unpaired) electrons. The van der Waals surface area contributed by atoms with Gasteiger partial charge in [0.15, 0.2) is 0 Å². The zero-order chi connectivity index (χ0) is 22.9. The van der Waals surface area contributed by atoms with Gasteiger partial charge in [-0.2, -0.15) is 0 Å². The van der Waals surface area contributed by atoms with E-state index in [0.717, 1.165) is 17.4 Å². The number of carbonyl (C=O) groups is 1. The maximum Gasteiger partial charge on any atom is 0.337 e. The van der Waals surface area contributed by atoms with Crippen molar-refractivity contribution in [2.24, 2.45) is 0 Å². The van der Waals surface area contributed by atoms with Crippen molar-refractivity contribution in [3.8, 4) is 22.5 Å². The Morgan fingerprint density at radius 2 is 1.44 bits per heavy atom. The van der Waals surface area contributed by atoms with E-state index in [9.17, 15) is 13.2 Å². The Balaban J connectivity index is 1.90. The first-order chi connectivity index (χ1) is 15.3. The van der Waals surface area contributed by atoms with Crippen molar-refractivity contribution in [3.63, 3.8) is 0 Å². The summed E-state index contributed by atoms with van der Waals surface area (Å²) in [5.74, 6) is -0.449. The van der Waals surface area contributed by atoms with Crippen molar-refractivity contribution >= 4 is 32.7 Å². The Bertz CT molecular complexity index is 1400. The van der Waals surface area contributed by atoms with Crippen LogP contribution in [0.15, 0.2) is 72.8 Å². The standard InChI is InChI=1S/C24H21N3O4S/c1-27(32(3,29)30)19-12-9-17(10-13-19)23-22(16-7-5-4-6-8-16)25-20-14-11-18(24(28)31-2)15-21(20)26-23/h4-15H,1-3H3. The van der Waals surface area contributed by atoms with Crippen molar-refractivity contribution in [2.45, 2.75) is 0 Å². The van der Waals surface area contributed by atoms with Crippen molar-refractivity contribution in [1.29, 1.82) is 0 Å². The predicted octanol–water partition coefficient (Wildman–Crippen LogP) is 4.15.